The van der Waals surface area contributed by atoms with E-state index >= 15 is 0 Å². The van der Waals surface area contributed by atoms with Gasteiger partial charge in [0.15, 0.2) is 0 Å². The molecule has 1 atom stereocenters. The molecule has 0 aromatic heterocycles. The topological polar surface area (TPSA) is 114 Å². The molecule has 2 aromatic carbocycles. The highest BCUT2D eigenvalue weighted by Crippen LogP contribution is 2.30. The Morgan fingerprint density at radius 1 is 1.06 bits per heavy atom. The molecule has 0 aliphatic carbocycles. The third-order valence-electron chi connectivity index (χ3n) is 4.96. The molecule has 3 rings (SSSR count). The fourth-order valence-electron chi connectivity index (χ4n) is 3.54. The van der Waals surface area contributed by atoms with Crippen LogP contribution >= 0.6 is 0 Å². The van der Waals surface area contributed by atoms with Gasteiger partial charge in [-0.2, -0.15) is 4.31 Å². The average molecular weight is 476 g/mol. The van der Waals surface area contributed by atoms with Crippen molar-refractivity contribution in [2.75, 3.05) is 24.3 Å². The minimum atomic E-state index is -3.80. The third kappa shape index (κ3) is 6.02. The molecule has 33 heavy (non-hydrogen) atoms. The largest absolute Gasteiger partial charge is 0.495 e. The number of hydrogen-bond acceptors (Lipinski definition) is 6. The van der Waals surface area contributed by atoms with Gasteiger partial charge < -0.3 is 14.8 Å². The molecule has 2 amide bonds. The molecule has 0 radical (unpaired) electrons. The number of anilines is 2. The minimum Gasteiger partial charge on any atom is -0.495 e. The molecule has 9 nitrogen and oxygen atoms in total. The number of hydrogen-bond donors (Lipinski definition) is 2. The van der Waals surface area contributed by atoms with E-state index in [4.69, 9.17) is 9.47 Å². The summed E-state index contributed by atoms with van der Waals surface area (Å²) in [6.45, 7) is 5.51. The molecule has 2 aromatic rings. The summed E-state index contributed by atoms with van der Waals surface area (Å²) >= 11 is 0. The molecule has 1 saturated heterocycles. The Labute approximate surface area is 194 Å². The quantitative estimate of drug-likeness (QED) is 0.656. The standard InChI is InChI=1S/C23H29N3O6S/c1-23(2,3)32-22(28)25-18-15-16(12-13-20(18)31-4)24-21(27)19-11-8-14-26(19)33(29,30)17-9-6-5-7-10-17/h5-7,9-10,12-13,15,19H,8,11,14H2,1-4H3,(H,24,27)(H,25,28). The highest BCUT2D eigenvalue weighted by atomic mass is 32.2. The lowest BCUT2D eigenvalue weighted by Crippen LogP contribution is -2.43. The van der Waals surface area contributed by atoms with E-state index in [9.17, 15) is 18.0 Å². The van der Waals surface area contributed by atoms with Crippen LogP contribution in [0.25, 0.3) is 0 Å². The SMILES string of the molecule is COc1ccc(NC(=O)C2CCCN2S(=O)(=O)c2ccccc2)cc1NC(=O)OC(C)(C)C. The average Bonchev–Trinajstić information content (AvgIpc) is 3.24. The molecule has 1 unspecified atom stereocenters. The van der Waals surface area contributed by atoms with Crippen LogP contribution < -0.4 is 15.4 Å². The fourth-order valence-corrected chi connectivity index (χ4v) is 5.22. The van der Waals surface area contributed by atoms with E-state index in [0.717, 1.165) is 0 Å². The normalized spacial score (nSPS) is 16.8. The minimum absolute atomic E-state index is 0.151. The molecule has 2 N–H and O–H groups in total. The number of nitrogens with one attached hydrogen (secondary N) is 2. The summed E-state index contributed by atoms with van der Waals surface area (Å²) in [4.78, 5) is 25.3. The number of amides is 2. The van der Waals surface area contributed by atoms with Crippen LogP contribution in [0.5, 0.6) is 5.75 Å². The summed E-state index contributed by atoms with van der Waals surface area (Å²) < 4.78 is 37.9. The first-order valence-electron chi connectivity index (χ1n) is 10.6. The summed E-state index contributed by atoms with van der Waals surface area (Å²) in [5.41, 5.74) is 0.0137. The molecule has 0 spiro atoms. The smallest absolute Gasteiger partial charge is 0.412 e. The summed E-state index contributed by atoms with van der Waals surface area (Å²) in [5, 5.41) is 5.37. The van der Waals surface area contributed by atoms with E-state index in [1.54, 1.807) is 51.1 Å². The first-order valence-corrected chi connectivity index (χ1v) is 12.0. The van der Waals surface area contributed by atoms with Crippen molar-refractivity contribution in [1.82, 2.24) is 4.31 Å². The Kier molecular flexibility index (Phi) is 7.28. The summed E-state index contributed by atoms with van der Waals surface area (Å²) in [5.74, 6) is -0.0617. The van der Waals surface area contributed by atoms with Crippen molar-refractivity contribution < 1.29 is 27.5 Å². The van der Waals surface area contributed by atoms with E-state index in [-0.39, 0.29) is 11.4 Å². The van der Waals surface area contributed by atoms with Crippen LogP contribution in [0.15, 0.2) is 53.4 Å². The first kappa shape index (κ1) is 24.5. The fraction of sp³-hybridized carbons (Fsp3) is 0.391. The Morgan fingerprint density at radius 2 is 1.76 bits per heavy atom. The number of nitrogens with zero attached hydrogens (tertiary/aromatic N) is 1. The maximum Gasteiger partial charge on any atom is 0.412 e. The Balaban J connectivity index is 1.77. The lowest BCUT2D eigenvalue weighted by Gasteiger charge is -2.24. The predicted molar refractivity (Wildman–Crippen MR) is 125 cm³/mol. The second-order valence-corrected chi connectivity index (χ2v) is 10.5. The number of ether oxygens (including phenoxy) is 2. The van der Waals surface area contributed by atoms with Gasteiger partial charge in [0.1, 0.15) is 17.4 Å². The predicted octanol–water partition coefficient (Wildman–Crippen LogP) is 3.83. The zero-order valence-corrected chi connectivity index (χ0v) is 19.9. The van der Waals surface area contributed by atoms with Gasteiger partial charge in [-0.25, -0.2) is 13.2 Å². The lowest BCUT2D eigenvalue weighted by molar-refractivity contribution is -0.119. The van der Waals surface area contributed by atoms with Gasteiger partial charge in [0, 0.05) is 12.2 Å². The monoisotopic (exact) mass is 475 g/mol. The van der Waals surface area contributed by atoms with Crippen molar-refractivity contribution in [3.05, 3.63) is 48.5 Å². The van der Waals surface area contributed by atoms with Crippen molar-refractivity contribution in [2.24, 2.45) is 0 Å². The number of rotatable bonds is 6. The second-order valence-electron chi connectivity index (χ2n) is 8.62. The van der Waals surface area contributed by atoms with Crippen molar-refractivity contribution in [3.63, 3.8) is 0 Å². The van der Waals surface area contributed by atoms with Crippen molar-refractivity contribution in [1.29, 1.82) is 0 Å². The zero-order chi connectivity index (χ0) is 24.2. The number of carbonyl (C=O) groups is 2. The van der Waals surface area contributed by atoms with Crippen LogP contribution in [0, 0.1) is 0 Å². The number of benzene rings is 2. The van der Waals surface area contributed by atoms with Gasteiger partial charge in [-0.3, -0.25) is 10.1 Å². The molecule has 1 aliphatic heterocycles. The highest BCUT2D eigenvalue weighted by molar-refractivity contribution is 7.89. The van der Waals surface area contributed by atoms with Crippen LogP contribution in [0.2, 0.25) is 0 Å². The molecule has 0 saturated carbocycles. The van der Waals surface area contributed by atoms with Gasteiger partial charge in [-0.15, -0.1) is 0 Å². The first-order chi connectivity index (χ1) is 15.5. The van der Waals surface area contributed by atoms with Gasteiger partial charge in [0.25, 0.3) is 0 Å². The Hall–Kier alpha value is -3.11. The van der Waals surface area contributed by atoms with E-state index in [2.05, 4.69) is 10.6 Å². The van der Waals surface area contributed by atoms with Crippen LogP contribution in [0.1, 0.15) is 33.6 Å². The molecule has 178 valence electrons. The van der Waals surface area contributed by atoms with Crippen molar-refractivity contribution in [2.45, 2.75) is 50.2 Å². The second kappa shape index (κ2) is 9.80. The van der Waals surface area contributed by atoms with Crippen molar-refractivity contribution >= 4 is 33.4 Å². The number of sulfonamides is 1. The number of carbonyl (C=O) groups excluding carboxylic acids is 2. The highest BCUT2D eigenvalue weighted by Gasteiger charge is 2.39. The molecule has 10 heteroatoms. The van der Waals surface area contributed by atoms with Gasteiger partial charge in [0.05, 0.1) is 17.7 Å². The molecule has 1 fully saturated rings. The lowest BCUT2D eigenvalue weighted by atomic mass is 10.2. The summed E-state index contributed by atoms with van der Waals surface area (Å²) in [6.07, 6.45) is 0.329. The maximum atomic E-state index is 13.0. The van der Waals surface area contributed by atoms with Crippen LogP contribution in [-0.2, 0) is 19.6 Å². The van der Waals surface area contributed by atoms with Crippen LogP contribution in [0.4, 0.5) is 16.2 Å². The van der Waals surface area contributed by atoms with Crippen LogP contribution in [0.3, 0.4) is 0 Å². The van der Waals surface area contributed by atoms with Gasteiger partial charge >= 0.3 is 6.09 Å². The van der Waals surface area contributed by atoms with Gasteiger partial charge in [-0.1, -0.05) is 18.2 Å². The van der Waals surface area contributed by atoms with Gasteiger partial charge in [-0.05, 0) is 63.9 Å². The van der Waals surface area contributed by atoms with E-state index in [1.165, 1.54) is 29.6 Å². The Bertz CT molecular complexity index is 1110. The van der Waals surface area contributed by atoms with Gasteiger partial charge in [0.2, 0.25) is 15.9 Å². The molecular weight excluding hydrogens is 446 g/mol. The van der Waals surface area contributed by atoms with Crippen molar-refractivity contribution in [3.8, 4) is 5.75 Å². The maximum absolute atomic E-state index is 13.0. The van der Waals surface area contributed by atoms with Crippen LogP contribution in [-0.4, -0.2) is 50.0 Å². The van der Waals surface area contributed by atoms with E-state index in [1.807, 2.05) is 0 Å². The molecule has 0 bridgehead atoms. The summed E-state index contributed by atoms with van der Waals surface area (Å²) in [6, 6.07) is 12.0. The van der Waals surface area contributed by atoms with E-state index in [0.29, 0.717) is 30.0 Å². The zero-order valence-electron chi connectivity index (χ0n) is 19.1. The third-order valence-corrected chi connectivity index (χ3v) is 6.88. The van der Waals surface area contributed by atoms with E-state index < -0.39 is 33.7 Å². The number of methoxy groups -OCH3 is 1. The summed E-state index contributed by atoms with van der Waals surface area (Å²) in [7, 11) is -2.34. The Morgan fingerprint density at radius 3 is 2.39 bits per heavy atom. The molecular formula is C23H29N3O6S. The molecule has 1 aliphatic rings. The molecule has 1 heterocycles.